The lowest BCUT2D eigenvalue weighted by Crippen LogP contribution is -2.50. The maximum atomic E-state index is 13.8. The van der Waals surface area contributed by atoms with E-state index in [-0.39, 0.29) is 30.7 Å². The van der Waals surface area contributed by atoms with E-state index < -0.39 is 11.6 Å². The molecule has 0 fully saturated rings. The molecule has 8 nitrogen and oxygen atoms in total. The molecule has 0 aliphatic rings. The third kappa shape index (κ3) is 5.73. The molecule has 2 aromatic heterocycles. The minimum Gasteiger partial charge on any atom is -0.349 e. The molecule has 0 spiro atoms. The van der Waals surface area contributed by atoms with Crippen molar-refractivity contribution in [3.63, 3.8) is 0 Å². The molecule has 0 saturated heterocycles. The van der Waals surface area contributed by atoms with Crippen molar-refractivity contribution in [1.82, 2.24) is 30.2 Å². The van der Waals surface area contributed by atoms with E-state index in [9.17, 15) is 14.0 Å². The molecule has 9 heteroatoms. The van der Waals surface area contributed by atoms with Gasteiger partial charge in [0.1, 0.15) is 23.9 Å². The third-order valence-corrected chi connectivity index (χ3v) is 6.22. The summed E-state index contributed by atoms with van der Waals surface area (Å²) in [6, 6.07) is 15.8. The van der Waals surface area contributed by atoms with Crippen molar-refractivity contribution >= 4 is 22.8 Å². The Balaban J connectivity index is 1.74. The predicted molar refractivity (Wildman–Crippen MR) is 134 cm³/mol. The Morgan fingerprint density at radius 3 is 2.44 bits per heavy atom. The fourth-order valence-corrected chi connectivity index (χ4v) is 3.87. The van der Waals surface area contributed by atoms with Crippen molar-refractivity contribution in [2.45, 2.75) is 51.9 Å². The molecule has 0 bridgehead atoms. The first-order valence-corrected chi connectivity index (χ1v) is 11.8. The van der Waals surface area contributed by atoms with Crippen LogP contribution in [0.5, 0.6) is 0 Å². The van der Waals surface area contributed by atoms with Gasteiger partial charge in [-0.1, -0.05) is 36.4 Å². The van der Waals surface area contributed by atoms with E-state index in [1.54, 1.807) is 36.7 Å². The molecule has 0 radical (unpaired) electrons. The van der Waals surface area contributed by atoms with Crippen molar-refractivity contribution in [3.05, 3.63) is 90.0 Å². The highest BCUT2D eigenvalue weighted by molar-refractivity contribution is 5.89. The molecular weight excluding hydrogens is 459 g/mol. The molecular formula is C27H29FN6O2. The maximum Gasteiger partial charge on any atom is 0.247 e. The standard InChI is InChI=1S/C27H29FN6O2/c1-4-27(2,3)30-26(36)25(20-13-15-29-16-14-20)33(17-19-9-11-21(28)12-10-19)24(35)18-34-23-8-6-5-7-22(23)31-32-34/h5-16,25H,4,17-18H2,1-3H3,(H,30,36)/t25-/m1/s1. The molecule has 1 atom stereocenters. The number of para-hydroxylation sites is 1. The summed E-state index contributed by atoms with van der Waals surface area (Å²) in [7, 11) is 0. The van der Waals surface area contributed by atoms with E-state index in [0.717, 1.165) is 0 Å². The zero-order valence-corrected chi connectivity index (χ0v) is 20.6. The highest BCUT2D eigenvalue weighted by Gasteiger charge is 2.34. The molecule has 0 saturated carbocycles. The summed E-state index contributed by atoms with van der Waals surface area (Å²) >= 11 is 0. The fourth-order valence-electron chi connectivity index (χ4n) is 3.87. The Hall–Kier alpha value is -4.14. The van der Waals surface area contributed by atoms with Crippen LogP contribution in [0.2, 0.25) is 0 Å². The van der Waals surface area contributed by atoms with E-state index in [2.05, 4.69) is 20.6 Å². The molecule has 36 heavy (non-hydrogen) atoms. The first-order chi connectivity index (χ1) is 17.3. The molecule has 2 aromatic carbocycles. The molecule has 1 N–H and O–H groups in total. The second-order valence-electron chi connectivity index (χ2n) is 9.29. The third-order valence-electron chi connectivity index (χ3n) is 6.22. The van der Waals surface area contributed by atoms with Crippen LogP contribution in [0.15, 0.2) is 73.1 Å². The van der Waals surface area contributed by atoms with Crippen molar-refractivity contribution in [1.29, 1.82) is 0 Å². The van der Waals surface area contributed by atoms with Gasteiger partial charge in [-0.15, -0.1) is 5.10 Å². The Labute approximate surface area is 209 Å². The molecule has 2 heterocycles. The number of halogens is 1. The largest absolute Gasteiger partial charge is 0.349 e. The SMILES string of the molecule is CCC(C)(C)NC(=O)[C@@H](c1ccncc1)N(Cc1ccc(F)cc1)C(=O)Cn1nnc2ccccc21. The number of carbonyl (C=O) groups excluding carboxylic acids is 2. The Kier molecular flexibility index (Phi) is 7.38. The fraction of sp³-hybridized carbons (Fsp3) is 0.296. The number of nitrogens with zero attached hydrogens (tertiary/aromatic N) is 5. The number of carbonyl (C=O) groups is 2. The zero-order chi connectivity index (χ0) is 25.7. The normalized spacial score (nSPS) is 12.3. The monoisotopic (exact) mass is 488 g/mol. The lowest BCUT2D eigenvalue weighted by atomic mass is 9.98. The van der Waals surface area contributed by atoms with Gasteiger partial charge in [0.2, 0.25) is 11.8 Å². The van der Waals surface area contributed by atoms with Crippen molar-refractivity contribution in [2.75, 3.05) is 0 Å². The number of nitrogens with one attached hydrogen (secondary N) is 1. The second-order valence-corrected chi connectivity index (χ2v) is 9.29. The summed E-state index contributed by atoms with van der Waals surface area (Å²) in [5.41, 5.74) is 2.21. The molecule has 186 valence electrons. The summed E-state index contributed by atoms with van der Waals surface area (Å²) in [4.78, 5) is 33.1. The Morgan fingerprint density at radius 1 is 1.06 bits per heavy atom. The Morgan fingerprint density at radius 2 is 1.75 bits per heavy atom. The highest BCUT2D eigenvalue weighted by Crippen LogP contribution is 2.26. The minimum atomic E-state index is -0.939. The van der Waals surface area contributed by atoms with Crippen LogP contribution in [0.3, 0.4) is 0 Å². The summed E-state index contributed by atoms with van der Waals surface area (Å²) in [5.74, 6) is -1.02. The number of amides is 2. The smallest absolute Gasteiger partial charge is 0.247 e. The highest BCUT2D eigenvalue weighted by atomic mass is 19.1. The van der Waals surface area contributed by atoms with Crippen LogP contribution >= 0.6 is 0 Å². The van der Waals surface area contributed by atoms with Crippen LogP contribution in [-0.2, 0) is 22.7 Å². The number of hydrogen-bond donors (Lipinski definition) is 1. The average molecular weight is 489 g/mol. The number of aromatic nitrogens is 4. The molecule has 4 aromatic rings. The first kappa shape index (κ1) is 25.0. The van der Waals surface area contributed by atoms with E-state index in [1.165, 1.54) is 21.7 Å². The molecule has 2 amide bonds. The lowest BCUT2D eigenvalue weighted by molar-refractivity contribution is -0.143. The molecule has 0 unspecified atom stereocenters. The van der Waals surface area contributed by atoms with Crippen LogP contribution in [0.25, 0.3) is 11.0 Å². The molecule has 0 aliphatic carbocycles. The van der Waals surface area contributed by atoms with Crippen LogP contribution < -0.4 is 5.32 Å². The van der Waals surface area contributed by atoms with E-state index in [0.29, 0.717) is 28.6 Å². The summed E-state index contributed by atoms with van der Waals surface area (Å²) in [6.45, 7) is 5.83. The second kappa shape index (κ2) is 10.6. The number of rotatable bonds is 9. The van der Waals surface area contributed by atoms with Crippen LogP contribution in [0, 0.1) is 5.82 Å². The molecule has 0 aliphatic heterocycles. The van der Waals surface area contributed by atoms with Gasteiger partial charge in [0.05, 0.1) is 5.52 Å². The van der Waals surface area contributed by atoms with Gasteiger partial charge in [0.15, 0.2) is 0 Å². The number of hydrogen-bond acceptors (Lipinski definition) is 5. The zero-order valence-electron chi connectivity index (χ0n) is 20.6. The maximum absolute atomic E-state index is 13.8. The van der Waals surface area contributed by atoms with Crippen molar-refractivity contribution in [2.24, 2.45) is 0 Å². The van der Waals surface area contributed by atoms with Gasteiger partial charge >= 0.3 is 0 Å². The summed E-state index contributed by atoms with van der Waals surface area (Å²) in [6.07, 6.45) is 3.89. The average Bonchev–Trinajstić information content (AvgIpc) is 3.28. The van der Waals surface area contributed by atoms with Crippen LogP contribution in [0.1, 0.15) is 44.4 Å². The predicted octanol–water partition coefficient (Wildman–Crippen LogP) is 4.04. The van der Waals surface area contributed by atoms with E-state index in [4.69, 9.17) is 0 Å². The van der Waals surface area contributed by atoms with Crippen molar-refractivity contribution < 1.29 is 14.0 Å². The van der Waals surface area contributed by atoms with Gasteiger partial charge in [-0.05, 0) is 67.8 Å². The van der Waals surface area contributed by atoms with Gasteiger partial charge < -0.3 is 10.2 Å². The van der Waals surface area contributed by atoms with Crippen LogP contribution in [-0.4, -0.2) is 42.2 Å². The Bertz CT molecular complexity index is 1340. The number of fused-ring (bicyclic) bond motifs is 1. The number of pyridine rings is 1. The van der Waals surface area contributed by atoms with Gasteiger partial charge in [-0.25, -0.2) is 9.07 Å². The lowest BCUT2D eigenvalue weighted by Gasteiger charge is -2.34. The summed E-state index contributed by atoms with van der Waals surface area (Å²) < 4.78 is 15.1. The molecule has 4 rings (SSSR count). The van der Waals surface area contributed by atoms with E-state index in [1.807, 2.05) is 45.0 Å². The minimum absolute atomic E-state index is 0.0959. The first-order valence-electron chi connectivity index (χ1n) is 11.8. The van der Waals surface area contributed by atoms with Gasteiger partial charge in [0.25, 0.3) is 0 Å². The topological polar surface area (TPSA) is 93.0 Å². The quantitative estimate of drug-likeness (QED) is 0.384. The van der Waals surface area contributed by atoms with Gasteiger partial charge in [0, 0.05) is 24.5 Å². The van der Waals surface area contributed by atoms with E-state index >= 15 is 0 Å². The van der Waals surface area contributed by atoms with Crippen molar-refractivity contribution in [3.8, 4) is 0 Å². The van der Waals surface area contributed by atoms with Gasteiger partial charge in [-0.3, -0.25) is 14.6 Å². The number of benzene rings is 2. The summed E-state index contributed by atoms with van der Waals surface area (Å²) in [5, 5.41) is 11.4. The van der Waals surface area contributed by atoms with Gasteiger partial charge in [-0.2, -0.15) is 0 Å². The van der Waals surface area contributed by atoms with Crippen LogP contribution in [0.4, 0.5) is 4.39 Å².